The molecule has 2 heterocycles. The van der Waals surface area contributed by atoms with Crippen molar-refractivity contribution in [3.05, 3.63) is 52.6 Å². The van der Waals surface area contributed by atoms with Gasteiger partial charge in [-0.15, -0.1) is 0 Å². The van der Waals surface area contributed by atoms with Crippen molar-refractivity contribution in [1.82, 2.24) is 9.62 Å². The Morgan fingerprint density at radius 3 is 2.53 bits per heavy atom. The maximum Gasteiger partial charge on any atom is 0.244 e. The van der Waals surface area contributed by atoms with E-state index in [2.05, 4.69) is 39.8 Å². The van der Waals surface area contributed by atoms with Crippen molar-refractivity contribution in [3.63, 3.8) is 0 Å². The molecule has 7 nitrogen and oxygen atoms in total. The van der Waals surface area contributed by atoms with Gasteiger partial charge >= 0.3 is 0 Å². The fourth-order valence-corrected chi connectivity index (χ4v) is 5.81. The monoisotopic (exact) mass is 459 g/mol. The van der Waals surface area contributed by atoms with E-state index in [0.29, 0.717) is 19.0 Å². The number of nitrogens with one attached hydrogen (secondary N) is 1. The summed E-state index contributed by atoms with van der Waals surface area (Å²) in [5, 5.41) is 0. The number of rotatable bonds is 7. The highest BCUT2D eigenvalue weighted by atomic mass is 32.2. The van der Waals surface area contributed by atoms with Crippen LogP contribution in [-0.2, 0) is 21.2 Å². The lowest BCUT2D eigenvalue weighted by molar-refractivity contribution is 0.0172. The third kappa shape index (κ3) is 4.64. The molecule has 2 aromatic carbocycles. The van der Waals surface area contributed by atoms with Gasteiger partial charge in [0.1, 0.15) is 10.6 Å². The molecule has 0 radical (unpaired) electrons. The van der Waals surface area contributed by atoms with E-state index >= 15 is 0 Å². The van der Waals surface area contributed by atoms with Crippen LogP contribution in [0.25, 0.3) is 0 Å². The number of morpholine rings is 1. The van der Waals surface area contributed by atoms with Crippen molar-refractivity contribution >= 4 is 15.7 Å². The van der Waals surface area contributed by atoms with Crippen molar-refractivity contribution in [2.45, 2.75) is 31.2 Å². The first kappa shape index (κ1) is 23.0. The summed E-state index contributed by atoms with van der Waals surface area (Å²) in [6.45, 7) is 8.01. The summed E-state index contributed by atoms with van der Waals surface area (Å²) >= 11 is 0. The van der Waals surface area contributed by atoms with Gasteiger partial charge in [-0.2, -0.15) is 0 Å². The average Bonchev–Trinajstić information content (AvgIpc) is 3.16. The van der Waals surface area contributed by atoms with E-state index in [1.54, 1.807) is 12.1 Å². The van der Waals surface area contributed by atoms with Crippen LogP contribution in [0, 0.1) is 13.8 Å². The zero-order chi connectivity index (χ0) is 22.9. The lowest BCUT2D eigenvalue weighted by Crippen LogP contribution is -2.43. The van der Waals surface area contributed by atoms with E-state index in [-0.39, 0.29) is 17.5 Å². The molecule has 0 aliphatic carbocycles. The molecule has 0 saturated carbocycles. The number of likely N-dealkylation sites (N-methyl/N-ethyl adjacent to an activating group) is 1. The molecule has 0 bridgehead atoms. The summed E-state index contributed by atoms with van der Waals surface area (Å²) in [7, 11) is -0.137. The van der Waals surface area contributed by atoms with Crippen molar-refractivity contribution in [2.75, 3.05) is 58.5 Å². The first-order chi connectivity index (χ1) is 15.3. The van der Waals surface area contributed by atoms with Gasteiger partial charge in [-0.3, -0.25) is 4.90 Å². The summed E-state index contributed by atoms with van der Waals surface area (Å²) in [5.41, 5.74) is 5.63. The van der Waals surface area contributed by atoms with Gasteiger partial charge in [0.15, 0.2) is 0 Å². The predicted molar refractivity (Wildman–Crippen MR) is 126 cm³/mol. The molecule has 4 rings (SSSR count). The van der Waals surface area contributed by atoms with Gasteiger partial charge < -0.3 is 14.4 Å². The molecule has 1 fully saturated rings. The summed E-state index contributed by atoms with van der Waals surface area (Å²) in [6, 6.07) is 9.93. The Morgan fingerprint density at radius 1 is 1.09 bits per heavy atom. The molecule has 8 heteroatoms. The third-order valence-corrected chi connectivity index (χ3v) is 8.08. The highest BCUT2D eigenvalue weighted by Gasteiger charge is 2.28. The Morgan fingerprint density at radius 2 is 1.81 bits per heavy atom. The minimum absolute atomic E-state index is 0.0672. The van der Waals surface area contributed by atoms with Crippen LogP contribution >= 0.6 is 0 Å². The zero-order valence-electron chi connectivity index (χ0n) is 19.3. The minimum Gasteiger partial charge on any atom is -0.495 e. The maximum absolute atomic E-state index is 13.3. The van der Waals surface area contributed by atoms with Crippen molar-refractivity contribution < 1.29 is 17.9 Å². The molecule has 1 atom stereocenters. The second-order valence-electron chi connectivity index (χ2n) is 8.66. The summed E-state index contributed by atoms with van der Waals surface area (Å²) < 4.78 is 40.4. The highest BCUT2D eigenvalue weighted by Crippen LogP contribution is 2.32. The lowest BCUT2D eigenvalue weighted by Gasteiger charge is -2.35. The fourth-order valence-electron chi connectivity index (χ4n) is 4.54. The SMILES string of the molecule is COc1cc(C)c(C)cc1S(=O)(=O)NC[C@H](c1ccc2c(c1)CCN2C)N1CCOCC1. The van der Waals surface area contributed by atoms with Crippen LogP contribution in [0.4, 0.5) is 5.69 Å². The molecule has 1 saturated heterocycles. The topological polar surface area (TPSA) is 71.1 Å². The van der Waals surface area contributed by atoms with E-state index < -0.39 is 10.0 Å². The number of sulfonamides is 1. The van der Waals surface area contributed by atoms with Gasteiger partial charge in [0.25, 0.3) is 0 Å². The van der Waals surface area contributed by atoms with E-state index in [1.165, 1.54) is 18.4 Å². The Bertz CT molecular complexity index is 1080. The molecule has 0 spiro atoms. The van der Waals surface area contributed by atoms with Gasteiger partial charge in [-0.1, -0.05) is 12.1 Å². The number of hydrogen-bond acceptors (Lipinski definition) is 6. The van der Waals surface area contributed by atoms with Crippen molar-refractivity contribution in [3.8, 4) is 5.75 Å². The van der Waals surface area contributed by atoms with E-state index in [1.807, 2.05) is 13.8 Å². The number of fused-ring (bicyclic) bond motifs is 1. The molecule has 2 aliphatic rings. The van der Waals surface area contributed by atoms with E-state index in [9.17, 15) is 8.42 Å². The third-order valence-electron chi connectivity index (χ3n) is 6.64. The quantitative estimate of drug-likeness (QED) is 0.687. The zero-order valence-corrected chi connectivity index (χ0v) is 20.2. The van der Waals surface area contributed by atoms with Crippen LogP contribution < -0.4 is 14.4 Å². The number of methoxy groups -OCH3 is 1. The summed E-state index contributed by atoms with van der Waals surface area (Å²) in [6.07, 6.45) is 1.01. The van der Waals surface area contributed by atoms with Crippen LogP contribution in [0.3, 0.4) is 0 Å². The van der Waals surface area contributed by atoms with Crippen molar-refractivity contribution in [1.29, 1.82) is 0 Å². The smallest absolute Gasteiger partial charge is 0.244 e. The van der Waals surface area contributed by atoms with E-state index in [4.69, 9.17) is 9.47 Å². The second-order valence-corrected chi connectivity index (χ2v) is 10.4. The number of hydrogen-bond donors (Lipinski definition) is 1. The molecular weight excluding hydrogens is 426 g/mol. The number of nitrogens with zero attached hydrogens (tertiary/aromatic N) is 2. The molecule has 2 aromatic rings. The van der Waals surface area contributed by atoms with Gasteiger partial charge in [0.05, 0.1) is 20.3 Å². The van der Waals surface area contributed by atoms with Gasteiger partial charge in [-0.05, 0) is 60.7 Å². The van der Waals surface area contributed by atoms with Crippen LogP contribution in [-0.4, -0.2) is 66.9 Å². The Kier molecular flexibility index (Phi) is 6.76. The highest BCUT2D eigenvalue weighted by molar-refractivity contribution is 7.89. The number of benzene rings is 2. The molecule has 32 heavy (non-hydrogen) atoms. The van der Waals surface area contributed by atoms with Crippen LogP contribution in [0.5, 0.6) is 5.75 Å². The van der Waals surface area contributed by atoms with Gasteiger partial charge in [-0.25, -0.2) is 13.1 Å². The standard InChI is InChI=1S/C24H33N3O4S/c1-17-13-23(30-4)24(14-18(17)2)32(28,29)25-16-22(27-9-11-31-12-10-27)19-5-6-21-20(15-19)7-8-26(21)3/h5-6,13-15,22,25H,7-12,16H2,1-4H3/t22-/m1/s1. The molecule has 0 amide bonds. The van der Waals surface area contributed by atoms with Crippen LogP contribution in [0.15, 0.2) is 35.2 Å². The van der Waals surface area contributed by atoms with Crippen molar-refractivity contribution in [2.24, 2.45) is 0 Å². The van der Waals surface area contributed by atoms with Crippen LogP contribution in [0.2, 0.25) is 0 Å². The summed E-state index contributed by atoms with van der Waals surface area (Å²) in [5.74, 6) is 0.365. The maximum atomic E-state index is 13.3. The fraction of sp³-hybridized carbons (Fsp3) is 0.500. The molecule has 0 unspecified atom stereocenters. The normalized spacial score (nSPS) is 17.9. The molecule has 174 valence electrons. The second kappa shape index (κ2) is 9.39. The Balaban J connectivity index is 1.62. The molecule has 1 N–H and O–H groups in total. The number of ether oxygens (including phenoxy) is 2. The van der Waals surface area contributed by atoms with Gasteiger partial charge in [0, 0.05) is 45.0 Å². The molecular formula is C24H33N3O4S. The molecule has 0 aromatic heterocycles. The Labute approximate surface area is 191 Å². The number of anilines is 1. The first-order valence-corrected chi connectivity index (χ1v) is 12.6. The number of aryl methyl sites for hydroxylation is 2. The minimum atomic E-state index is -3.75. The lowest BCUT2D eigenvalue weighted by atomic mass is 10.0. The molecule has 2 aliphatic heterocycles. The largest absolute Gasteiger partial charge is 0.495 e. The predicted octanol–water partition coefficient (Wildman–Crippen LogP) is 2.66. The first-order valence-electron chi connectivity index (χ1n) is 11.1. The Hall–Kier alpha value is -2.13. The van der Waals surface area contributed by atoms with E-state index in [0.717, 1.165) is 42.7 Å². The average molecular weight is 460 g/mol. The van der Waals surface area contributed by atoms with Crippen LogP contribution in [0.1, 0.15) is 28.3 Å². The summed E-state index contributed by atoms with van der Waals surface area (Å²) in [4.78, 5) is 4.75. The van der Waals surface area contributed by atoms with Gasteiger partial charge in [0.2, 0.25) is 10.0 Å².